The number of aliphatic hydroxyl groups is 2. The van der Waals surface area contributed by atoms with Crippen molar-refractivity contribution in [1.82, 2.24) is 5.32 Å². The highest BCUT2D eigenvalue weighted by atomic mass is 16.5. The number of carbonyl (C=O) groups excluding carboxylic acids is 2. The molecule has 0 heterocycles. The Morgan fingerprint density at radius 3 is 0.844 bits per heavy atom. The van der Waals surface area contributed by atoms with Gasteiger partial charge in [-0.2, -0.15) is 0 Å². The van der Waals surface area contributed by atoms with Crippen molar-refractivity contribution in [3.8, 4) is 0 Å². The summed E-state index contributed by atoms with van der Waals surface area (Å²) < 4.78 is 5.50. The summed E-state index contributed by atoms with van der Waals surface area (Å²) in [6.07, 6.45) is 104. The van der Waals surface area contributed by atoms with Gasteiger partial charge in [0.2, 0.25) is 5.91 Å². The molecule has 6 nitrogen and oxygen atoms in total. The number of amides is 1. The molecule has 0 aromatic heterocycles. The van der Waals surface area contributed by atoms with Crippen LogP contribution in [0.3, 0.4) is 0 Å². The molecule has 0 radical (unpaired) electrons. The largest absolute Gasteiger partial charge is 0.466 e. The van der Waals surface area contributed by atoms with Gasteiger partial charge < -0.3 is 20.3 Å². The monoisotopic (exact) mass is 1260 g/mol. The summed E-state index contributed by atoms with van der Waals surface area (Å²) in [6.45, 7) is 4.96. The van der Waals surface area contributed by atoms with Crippen LogP contribution in [0.15, 0.2) is 36.5 Å². The van der Waals surface area contributed by atoms with Crippen LogP contribution < -0.4 is 5.32 Å². The number of unbranched alkanes of at least 4 members (excludes halogenated alkanes) is 63. The second-order valence-corrected chi connectivity index (χ2v) is 28.5. The molecule has 3 N–H and O–H groups in total. The number of hydrogen-bond donors (Lipinski definition) is 3. The topological polar surface area (TPSA) is 95.9 Å². The van der Waals surface area contributed by atoms with Crippen LogP contribution in [-0.2, 0) is 14.3 Å². The third kappa shape index (κ3) is 75.1. The highest BCUT2D eigenvalue weighted by Crippen LogP contribution is 2.20. The van der Waals surface area contributed by atoms with E-state index in [1.165, 1.54) is 392 Å². The van der Waals surface area contributed by atoms with Gasteiger partial charge in [0.1, 0.15) is 0 Å². The number of ether oxygens (including phenoxy) is 1. The van der Waals surface area contributed by atoms with Gasteiger partial charge in [0.05, 0.1) is 25.4 Å². The van der Waals surface area contributed by atoms with Crippen LogP contribution >= 0.6 is 0 Å². The molecule has 0 saturated heterocycles. The average molecular weight is 1270 g/mol. The molecule has 0 aliphatic heterocycles. The van der Waals surface area contributed by atoms with Gasteiger partial charge in [-0.1, -0.05) is 423 Å². The summed E-state index contributed by atoms with van der Waals surface area (Å²) in [6, 6.07) is -0.628. The lowest BCUT2D eigenvalue weighted by Gasteiger charge is -2.20. The van der Waals surface area contributed by atoms with Gasteiger partial charge in [-0.3, -0.25) is 9.59 Å². The summed E-state index contributed by atoms with van der Waals surface area (Å²) in [4.78, 5) is 24.6. The van der Waals surface area contributed by atoms with Gasteiger partial charge in [-0.25, -0.2) is 0 Å². The maximum absolute atomic E-state index is 12.6. The minimum Gasteiger partial charge on any atom is -0.466 e. The molecule has 0 aromatic rings. The Labute approximate surface area is 564 Å². The van der Waals surface area contributed by atoms with Crippen molar-refractivity contribution in [3.63, 3.8) is 0 Å². The summed E-state index contributed by atoms with van der Waals surface area (Å²) >= 11 is 0. The zero-order chi connectivity index (χ0) is 64.9. The Hall–Kier alpha value is -1.92. The molecule has 2 atom stereocenters. The first kappa shape index (κ1) is 88.1. The van der Waals surface area contributed by atoms with E-state index >= 15 is 0 Å². The molecule has 0 aliphatic rings. The van der Waals surface area contributed by atoms with Gasteiger partial charge >= 0.3 is 5.97 Å². The summed E-state index contributed by atoms with van der Waals surface area (Å²) in [5.74, 6) is -0.0408. The first-order valence-electron chi connectivity index (χ1n) is 41.3. The SMILES string of the molecule is CCCCCCCCCCCCCCCCCCCCCCCC/C=C/C(O)C(CO)NC(=O)CCCCCCCCCCCCCCCCCCC/C=C\C/C=C\CCCCCCCCCCCCCOC(=O)CCCCCCCCCCCCCCCC. The van der Waals surface area contributed by atoms with Gasteiger partial charge in [-0.05, 0) is 64.2 Å². The fourth-order valence-corrected chi connectivity index (χ4v) is 13.1. The van der Waals surface area contributed by atoms with Crippen molar-refractivity contribution >= 4 is 11.9 Å². The number of esters is 1. The average Bonchev–Trinajstić information content (AvgIpc) is 3.69. The van der Waals surface area contributed by atoms with E-state index in [1.54, 1.807) is 6.08 Å². The maximum atomic E-state index is 12.6. The van der Waals surface area contributed by atoms with E-state index in [2.05, 4.69) is 43.5 Å². The van der Waals surface area contributed by atoms with E-state index in [0.29, 0.717) is 19.4 Å². The molecule has 0 spiro atoms. The van der Waals surface area contributed by atoms with Crippen LogP contribution in [0.25, 0.3) is 0 Å². The molecule has 0 aliphatic carbocycles. The number of carbonyl (C=O) groups is 2. The first-order chi connectivity index (χ1) is 44.5. The van der Waals surface area contributed by atoms with E-state index in [9.17, 15) is 19.8 Å². The normalized spacial score (nSPS) is 12.6. The molecule has 6 heteroatoms. The van der Waals surface area contributed by atoms with E-state index < -0.39 is 12.1 Å². The number of nitrogens with one attached hydrogen (secondary N) is 1. The van der Waals surface area contributed by atoms with Crippen LogP contribution in [0.4, 0.5) is 0 Å². The molecule has 0 rings (SSSR count). The fraction of sp³-hybridized carbons (Fsp3) is 0.905. The summed E-state index contributed by atoms with van der Waals surface area (Å²) in [5, 5.41) is 23.3. The zero-order valence-corrected chi connectivity index (χ0v) is 61.1. The second-order valence-electron chi connectivity index (χ2n) is 28.5. The lowest BCUT2D eigenvalue weighted by Crippen LogP contribution is -2.45. The number of aliphatic hydroxyl groups excluding tert-OH is 2. The number of hydrogen-bond acceptors (Lipinski definition) is 5. The molecule has 0 saturated carbocycles. The van der Waals surface area contributed by atoms with Crippen molar-refractivity contribution in [3.05, 3.63) is 36.5 Å². The molecular formula is C84H161NO5. The van der Waals surface area contributed by atoms with Crippen molar-refractivity contribution in [1.29, 1.82) is 0 Å². The van der Waals surface area contributed by atoms with E-state index in [4.69, 9.17) is 4.74 Å². The summed E-state index contributed by atoms with van der Waals surface area (Å²) in [7, 11) is 0. The van der Waals surface area contributed by atoms with Gasteiger partial charge in [-0.15, -0.1) is 0 Å². The first-order valence-corrected chi connectivity index (χ1v) is 41.3. The maximum Gasteiger partial charge on any atom is 0.305 e. The van der Waals surface area contributed by atoms with E-state index in [0.717, 1.165) is 44.9 Å². The van der Waals surface area contributed by atoms with Crippen LogP contribution in [0.2, 0.25) is 0 Å². The highest BCUT2D eigenvalue weighted by Gasteiger charge is 2.18. The van der Waals surface area contributed by atoms with Crippen molar-refractivity contribution in [2.24, 2.45) is 0 Å². The number of allylic oxidation sites excluding steroid dienone is 5. The Bertz CT molecular complexity index is 1460. The van der Waals surface area contributed by atoms with Crippen LogP contribution in [0.1, 0.15) is 463 Å². The van der Waals surface area contributed by atoms with Crippen LogP contribution in [0.5, 0.6) is 0 Å². The fourth-order valence-electron chi connectivity index (χ4n) is 13.1. The Morgan fingerprint density at radius 2 is 0.556 bits per heavy atom. The predicted molar refractivity (Wildman–Crippen MR) is 398 cm³/mol. The third-order valence-corrected chi connectivity index (χ3v) is 19.4. The Balaban J connectivity index is 3.39. The quantitative estimate of drug-likeness (QED) is 0.0320. The molecule has 90 heavy (non-hydrogen) atoms. The number of rotatable bonds is 78. The van der Waals surface area contributed by atoms with E-state index in [-0.39, 0.29) is 18.5 Å². The summed E-state index contributed by atoms with van der Waals surface area (Å²) in [5.41, 5.74) is 0. The molecule has 0 bridgehead atoms. The van der Waals surface area contributed by atoms with Crippen LogP contribution in [0, 0.1) is 0 Å². The minimum absolute atomic E-state index is 0.0197. The smallest absolute Gasteiger partial charge is 0.305 e. The van der Waals surface area contributed by atoms with E-state index in [1.807, 2.05) is 6.08 Å². The standard InChI is InChI=1S/C84H161NO5/c1-3-5-7-9-11-13-15-17-19-20-21-22-23-37-40-43-46-49-52-56-60-64-68-72-76-82(87)81(80-86)85-83(88)77-73-69-65-61-57-53-50-47-44-41-38-35-33-31-29-27-25-24-26-28-30-32-34-36-39-42-45-48-51-55-59-63-67-71-75-79-90-84(89)78-74-70-66-62-58-54-18-16-14-12-10-8-6-4-2/h26,28,32,34,72,76,81-82,86-87H,3-25,27,29-31,33,35-71,73-75,77-80H2,1-2H3,(H,85,88)/b28-26-,34-32-,76-72+. The highest BCUT2D eigenvalue weighted by molar-refractivity contribution is 5.76. The lowest BCUT2D eigenvalue weighted by atomic mass is 10.0. The molecular weight excluding hydrogens is 1100 g/mol. The molecule has 1 amide bonds. The van der Waals surface area contributed by atoms with Gasteiger partial charge in [0, 0.05) is 12.8 Å². The predicted octanol–water partition coefficient (Wildman–Crippen LogP) is 27.4. The van der Waals surface area contributed by atoms with Gasteiger partial charge in [0.25, 0.3) is 0 Å². The van der Waals surface area contributed by atoms with Crippen molar-refractivity contribution < 1.29 is 24.5 Å². The Morgan fingerprint density at radius 1 is 0.311 bits per heavy atom. The molecule has 0 aromatic carbocycles. The Kier molecular flexibility index (Phi) is 77.8. The van der Waals surface area contributed by atoms with Crippen molar-refractivity contribution in [2.75, 3.05) is 13.2 Å². The molecule has 532 valence electrons. The van der Waals surface area contributed by atoms with Gasteiger partial charge in [0.15, 0.2) is 0 Å². The molecule has 0 fully saturated rings. The molecule has 2 unspecified atom stereocenters. The second kappa shape index (κ2) is 79.5. The van der Waals surface area contributed by atoms with Crippen LogP contribution in [-0.4, -0.2) is 47.4 Å². The van der Waals surface area contributed by atoms with Crippen molar-refractivity contribution in [2.45, 2.75) is 475 Å². The minimum atomic E-state index is -0.845. The lowest BCUT2D eigenvalue weighted by molar-refractivity contribution is -0.143. The third-order valence-electron chi connectivity index (χ3n) is 19.4. The zero-order valence-electron chi connectivity index (χ0n) is 61.1.